The van der Waals surface area contributed by atoms with E-state index in [1.807, 2.05) is 43.5 Å². The molecule has 116 valence electrons. The Hall–Kier alpha value is -3.15. The summed E-state index contributed by atoms with van der Waals surface area (Å²) in [6.07, 6.45) is 4.99. The van der Waals surface area contributed by atoms with Crippen LogP contribution in [0.3, 0.4) is 0 Å². The Kier molecular flexibility index (Phi) is 4.05. The van der Waals surface area contributed by atoms with Gasteiger partial charge in [-0.3, -0.25) is 9.59 Å². The van der Waals surface area contributed by atoms with Gasteiger partial charge in [-0.05, 0) is 36.8 Å². The van der Waals surface area contributed by atoms with Crippen molar-refractivity contribution in [3.05, 3.63) is 82.5 Å². The van der Waals surface area contributed by atoms with Crippen LogP contribution in [0.2, 0.25) is 0 Å². The lowest BCUT2D eigenvalue weighted by Crippen LogP contribution is -2.27. The number of aromatic nitrogens is 3. The molecule has 0 fully saturated rings. The minimum atomic E-state index is -0.238. The first-order valence-electron chi connectivity index (χ1n) is 7.23. The number of amides is 1. The van der Waals surface area contributed by atoms with Crippen molar-refractivity contribution in [3.63, 3.8) is 0 Å². The summed E-state index contributed by atoms with van der Waals surface area (Å²) in [7, 11) is 0. The number of carbonyl (C=O) groups is 1. The predicted molar refractivity (Wildman–Crippen MR) is 86.5 cm³/mol. The molecule has 6 heteroatoms. The third-order valence-corrected chi connectivity index (χ3v) is 3.53. The standard InChI is InChI=1S/C17H16N4O2/c1-12(20-17(23)14-6-7-16(22)18-11-14)13-4-2-5-15(10-13)21-9-3-8-19-21/h2-12H,1H3,(H,18,22)(H,20,23)/t12-/m1/s1. The number of hydrogen-bond donors (Lipinski definition) is 2. The molecule has 3 rings (SSSR count). The van der Waals surface area contributed by atoms with Crippen LogP contribution in [0.5, 0.6) is 0 Å². The molecule has 2 heterocycles. The first-order chi connectivity index (χ1) is 11.1. The third-order valence-electron chi connectivity index (χ3n) is 3.53. The number of carbonyl (C=O) groups excluding carboxylic acids is 1. The van der Waals surface area contributed by atoms with E-state index in [4.69, 9.17) is 0 Å². The summed E-state index contributed by atoms with van der Waals surface area (Å²) in [5, 5.41) is 7.11. The van der Waals surface area contributed by atoms with Crippen molar-refractivity contribution < 1.29 is 4.79 Å². The van der Waals surface area contributed by atoms with Crippen LogP contribution in [0.1, 0.15) is 28.9 Å². The van der Waals surface area contributed by atoms with Gasteiger partial charge in [0.2, 0.25) is 5.56 Å². The maximum Gasteiger partial charge on any atom is 0.253 e. The van der Waals surface area contributed by atoms with Gasteiger partial charge in [-0.15, -0.1) is 0 Å². The van der Waals surface area contributed by atoms with Gasteiger partial charge in [0.15, 0.2) is 0 Å². The van der Waals surface area contributed by atoms with E-state index < -0.39 is 0 Å². The largest absolute Gasteiger partial charge is 0.345 e. The molecule has 0 saturated carbocycles. The van der Waals surface area contributed by atoms with E-state index in [1.54, 1.807) is 10.9 Å². The topological polar surface area (TPSA) is 79.8 Å². The zero-order chi connectivity index (χ0) is 16.2. The molecule has 23 heavy (non-hydrogen) atoms. The van der Waals surface area contributed by atoms with E-state index in [9.17, 15) is 9.59 Å². The van der Waals surface area contributed by atoms with Gasteiger partial charge in [-0.2, -0.15) is 5.10 Å². The molecule has 0 spiro atoms. The van der Waals surface area contributed by atoms with Gasteiger partial charge in [0.1, 0.15) is 0 Å². The van der Waals surface area contributed by atoms with Gasteiger partial charge in [0, 0.05) is 24.7 Å². The Morgan fingerprint density at radius 3 is 2.83 bits per heavy atom. The molecule has 1 aromatic carbocycles. The lowest BCUT2D eigenvalue weighted by atomic mass is 10.1. The minimum absolute atomic E-state index is 0.176. The molecule has 2 N–H and O–H groups in total. The molecule has 0 aliphatic heterocycles. The fraction of sp³-hybridized carbons (Fsp3) is 0.118. The van der Waals surface area contributed by atoms with Crippen molar-refractivity contribution in [3.8, 4) is 5.69 Å². The van der Waals surface area contributed by atoms with E-state index in [1.165, 1.54) is 18.3 Å². The molecule has 0 bridgehead atoms. The highest BCUT2D eigenvalue weighted by atomic mass is 16.2. The van der Waals surface area contributed by atoms with E-state index in [2.05, 4.69) is 15.4 Å². The summed E-state index contributed by atoms with van der Waals surface area (Å²) in [6.45, 7) is 1.91. The van der Waals surface area contributed by atoms with Gasteiger partial charge < -0.3 is 10.3 Å². The number of nitrogens with zero attached hydrogens (tertiary/aromatic N) is 2. The van der Waals surface area contributed by atoms with E-state index in [0.29, 0.717) is 5.56 Å². The van der Waals surface area contributed by atoms with Crippen LogP contribution in [0.4, 0.5) is 0 Å². The molecule has 3 aromatic rings. The van der Waals surface area contributed by atoms with Crippen LogP contribution in [-0.2, 0) is 0 Å². The zero-order valence-corrected chi connectivity index (χ0v) is 12.6. The molecular weight excluding hydrogens is 292 g/mol. The van der Waals surface area contributed by atoms with E-state index in [-0.39, 0.29) is 17.5 Å². The number of aromatic amines is 1. The highest BCUT2D eigenvalue weighted by Gasteiger charge is 2.12. The monoisotopic (exact) mass is 308 g/mol. The fourth-order valence-electron chi connectivity index (χ4n) is 2.27. The Morgan fingerprint density at radius 1 is 1.26 bits per heavy atom. The van der Waals surface area contributed by atoms with Crippen LogP contribution >= 0.6 is 0 Å². The summed E-state index contributed by atoms with van der Waals surface area (Å²) >= 11 is 0. The normalized spacial score (nSPS) is 11.9. The number of hydrogen-bond acceptors (Lipinski definition) is 3. The Bertz CT molecular complexity index is 848. The molecule has 0 saturated heterocycles. The molecule has 6 nitrogen and oxygen atoms in total. The molecule has 1 amide bonds. The van der Waals surface area contributed by atoms with Crippen LogP contribution in [0.15, 0.2) is 65.8 Å². The summed E-state index contributed by atoms with van der Waals surface area (Å²) < 4.78 is 1.76. The molecule has 0 aliphatic rings. The summed E-state index contributed by atoms with van der Waals surface area (Å²) in [5.74, 6) is -0.238. The molecular formula is C17H16N4O2. The average Bonchev–Trinajstić information content (AvgIpc) is 3.10. The van der Waals surface area contributed by atoms with Gasteiger partial charge >= 0.3 is 0 Å². The number of pyridine rings is 1. The van der Waals surface area contributed by atoms with Crippen molar-refractivity contribution in [2.45, 2.75) is 13.0 Å². The predicted octanol–water partition coefficient (Wildman–Crippen LogP) is 2.05. The SMILES string of the molecule is C[C@@H](NC(=O)c1ccc(=O)[nH]c1)c1cccc(-n2cccn2)c1. The number of H-pyrrole nitrogens is 1. The van der Waals surface area contributed by atoms with Crippen LogP contribution in [0.25, 0.3) is 5.69 Å². The second kappa shape index (κ2) is 6.31. The summed E-state index contributed by atoms with van der Waals surface area (Å²) in [4.78, 5) is 25.7. The van der Waals surface area contributed by atoms with Crippen molar-refractivity contribution in [1.29, 1.82) is 0 Å². The highest BCUT2D eigenvalue weighted by molar-refractivity contribution is 5.94. The average molecular weight is 308 g/mol. The second-order valence-electron chi connectivity index (χ2n) is 5.18. The maximum absolute atomic E-state index is 12.2. The molecule has 2 aromatic heterocycles. The maximum atomic E-state index is 12.2. The minimum Gasteiger partial charge on any atom is -0.345 e. The Morgan fingerprint density at radius 2 is 2.13 bits per heavy atom. The second-order valence-corrected chi connectivity index (χ2v) is 5.18. The van der Waals surface area contributed by atoms with Crippen molar-refractivity contribution in [2.24, 2.45) is 0 Å². The smallest absolute Gasteiger partial charge is 0.253 e. The highest BCUT2D eigenvalue weighted by Crippen LogP contribution is 2.17. The number of nitrogens with one attached hydrogen (secondary N) is 2. The summed E-state index contributed by atoms with van der Waals surface area (Å²) in [5.41, 5.74) is 2.08. The van der Waals surface area contributed by atoms with Crippen molar-refractivity contribution in [2.75, 3.05) is 0 Å². The number of benzene rings is 1. The fourth-order valence-corrected chi connectivity index (χ4v) is 2.27. The third kappa shape index (κ3) is 3.37. The van der Waals surface area contributed by atoms with Crippen molar-refractivity contribution >= 4 is 5.91 Å². The summed E-state index contributed by atoms with van der Waals surface area (Å²) in [6, 6.07) is 12.3. The van der Waals surface area contributed by atoms with Crippen LogP contribution in [0, 0.1) is 0 Å². The lowest BCUT2D eigenvalue weighted by Gasteiger charge is -2.15. The quantitative estimate of drug-likeness (QED) is 0.774. The number of rotatable bonds is 4. The van der Waals surface area contributed by atoms with Gasteiger partial charge in [0.25, 0.3) is 5.91 Å². The lowest BCUT2D eigenvalue weighted by molar-refractivity contribution is 0.0939. The molecule has 1 atom stereocenters. The van der Waals surface area contributed by atoms with Crippen LogP contribution < -0.4 is 10.9 Å². The van der Waals surface area contributed by atoms with Gasteiger partial charge in [-0.25, -0.2) is 4.68 Å². The first-order valence-corrected chi connectivity index (χ1v) is 7.23. The zero-order valence-electron chi connectivity index (χ0n) is 12.6. The molecule has 0 radical (unpaired) electrons. The van der Waals surface area contributed by atoms with E-state index >= 15 is 0 Å². The van der Waals surface area contributed by atoms with Crippen molar-refractivity contribution in [1.82, 2.24) is 20.1 Å². The molecule has 0 aliphatic carbocycles. The molecule has 0 unspecified atom stereocenters. The van der Waals surface area contributed by atoms with Gasteiger partial charge in [0.05, 0.1) is 17.3 Å². The van der Waals surface area contributed by atoms with Crippen LogP contribution in [-0.4, -0.2) is 20.7 Å². The first kappa shape index (κ1) is 14.8. The van der Waals surface area contributed by atoms with E-state index in [0.717, 1.165) is 11.3 Å². The van der Waals surface area contributed by atoms with Gasteiger partial charge in [-0.1, -0.05) is 12.1 Å². The Balaban J connectivity index is 1.76. The Labute approximate surface area is 132 Å².